The van der Waals surface area contributed by atoms with Gasteiger partial charge >= 0.3 is 5.69 Å². The Labute approximate surface area is 136 Å². The number of phenols is 1. The highest BCUT2D eigenvalue weighted by atomic mass is 32.1. The maximum absolute atomic E-state index is 11.0. The van der Waals surface area contributed by atoms with Gasteiger partial charge in [0.1, 0.15) is 0 Å². The number of phenolic OH excluding ortho intramolecular Hbond substituents is 1. The fraction of sp³-hybridized carbons (Fsp3) is 0.308. The Balaban J connectivity index is 2.44. The highest BCUT2D eigenvalue weighted by Crippen LogP contribution is 2.36. The molecule has 122 valence electrons. The number of methoxy groups -OCH3 is 1. The van der Waals surface area contributed by atoms with Crippen molar-refractivity contribution in [1.82, 2.24) is 14.9 Å². The molecule has 1 heterocycles. The van der Waals surface area contributed by atoms with Crippen molar-refractivity contribution in [1.29, 1.82) is 0 Å². The smallest absolute Gasteiger partial charge is 0.315 e. The van der Waals surface area contributed by atoms with Crippen molar-refractivity contribution in [2.45, 2.75) is 19.8 Å². The average molecular weight is 337 g/mol. The molecule has 1 aromatic heterocycles. The molecule has 0 saturated heterocycles. The Kier molecular flexibility index (Phi) is 5.06. The van der Waals surface area contributed by atoms with Crippen LogP contribution >= 0.6 is 12.2 Å². The zero-order valence-corrected chi connectivity index (χ0v) is 13.3. The van der Waals surface area contributed by atoms with Crippen molar-refractivity contribution >= 4 is 24.1 Å². The molecule has 0 aliphatic heterocycles. The lowest BCUT2D eigenvalue weighted by Crippen LogP contribution is -1.99. The van der Waals surface area contributed by atoms with Gasteiger partial charge in [-0.25, -0.2) is 0 Å². The monoisotopic (exact) mass is 337 g/mol. The molecular formula is C13H15N5O4S. The van der Waals surface area contributed by atoms with Crippen molar-refractivity contribution in [3.05, 3.63) is 38.4 Å². The number of nitrogens with zero attached hydrogens (tertiary/aromatic N) is 4. The molecule has 9 nitrogen and oxygen atoms in total. The summed E-state index contributed by atoms with van der Waals surface area (Å²) in [5, 5.41) is 31.6. The van der Waals surface area contributed by atoms with Gasteiger partial charge < -0.3 is 9.84 Å². The molecule has 2 N–H and O–H groups in total. The number of aromatic hydroxyl groups is 1. The molecule has 0 aliphatic carbocycles. The number of hydrogen-bond donors (Lipinski definition) is 2. The van der Waals surface area contributed by atoms with Crippen molar-refractivity contribution < 1.29 is 14.8 Å². The minimum Gasteiger partial charge on any atom is -0.500 e. The molecule has 0 fully saturated rings. The van der Waals surface area contributed by atoms with Gasteiger partial charge in [0.15, 0.2) is 11.6 Å². The molecule has 0 saturated carbocycles. The van der Waals surface area contributed by atoms with Crippen LogP contribution in [0.25, 0.3) is 0 Å². The van der Waals surface area contributed by atoms with Crippen LogP contribution in [-0.2, 0) is 6.42 Å². The van der Waals surface area contributed by atoms with Crippen molar-refractivity contribution in [2.75, 3.05) is 7.11 Å². The summed E-state index contributed by atoms with van der Waals surface area (Å²) in [6.45, 7) is 2.00. The van der Waals surface area contributed by atoms with Gasteiger partial charge in [0, 0.05) is 18.1 Å². The van der Waals surface area contributed by atoms with Gasteiger partial charge in [0.25, 0.3) is 0 Å². The summed E-state index contributed by atoms with van der Waals surface area (Å²) in [4.78, 5) is 10.3. The van der Waals surface area contributed by atoms with Gasteiger partial charge in [-0.2, -0.15) is 14.9 Å². The number of aromatic amines is 1. The summed E-state index contributed by atoms with van der Waals surface area (Å²) in [5.74, 6) is 0.125. The minimum absolute atomic E-state index is 0.00905. The first-order valence-corrected chi connectivity index (χ1v) is 7.14. The average Bonchev–Trinajstić information content (AvgIpc) is 2.86. The highest BCUT2D eigenvalue weighted by Gasteiger charge is 2.19. The Hall–Kier alpha value is -2.75. The fourth-order valence-electron chi connectivity index (χ4n) is 1.94. The fourth-order valence-corrected chi connectivity index (χ4v) is 2.13. The molecule has 2 aromatic rings. The minimum atomic E-state index is -0.693. The van der Waals surface area contributed by atoms with E-state index in [-0.39, 0.29) is 5.75 Å². The van der Waals surface area contributed by atoms with Crippen molar-refractivity contribution in [3.8, 4) is 11.5 Å². The van der Waals surface area contributed by atoms with Crippen LogP contribution in [0.5, 0.6) is 11.5 Å². The third kappa shape index (κ3) is 3.54. The van der Waals surface area contributed by atoms with Gasteiger partial charge in [-0.3, -0.25) is 15.2 Å². The molecule has 0 radical (unpaired) electrons. The SMILES string of the molecule is CCCc1n[nH]c(=S)n1/N=C/c1cc(OC)c(O)c([N+](=O)[O-])c1. The topological polar surface area (TPSA) is 119 Å². The third-order valence-electron chi connectivity index (χ3n) is 3.01. The van der Waals surface area contributed by atoms with E-state index in [1.54, 1.807) is 0 Å². The highest BCUT2D eigenvalue weighted by molar-refractivity contribution is 7.71. The molecule has 0 aliphatic rings. The Bertz CT molecular complexity index is 811. The molecule has 0 bridgehead atoms. The predicted octanol–water partition coefficient (Wildman–Crippen LogP) is 2.40. The normalized spacial score (nSPS) is 11.0. The molecule has 2 rings (SSSR count). The molecule has 0 amide bonds. The van der Waals surface area contributed by atoms with E-state index in [0.29, 0.717) is 22.6 Å². The molecular weight excluding hydrogens is 322 g/mol. The Morgan fingerprint density at radius 1 is 1.61 bits per heavy atom. The summed E-state index contributed by atoms with van der Waals surface area (Å²) in [6, 6.07) is 2.64. The van der Waals surface area contributed by atoms with E-state index in [4.69, 9.17) is 17.0 Å². The number of ether oxygens (including phenoxy) is 1. The van der Waals surface area contributed by atoms with Gasteiger partial charge in [-0.05, 0) is 24.7 Å². The predicted molar refractivity (Wildman–Crippen MR) is 85.7 cm³/mol. The van der Waals surface area contributed by atoms with E-state index in [9.17, 15) is 15.2 Å². The second-order valence-electron chi connectivity index (χ2n) is 4.60. The number of nitro groups is 1. The van der Waals surface area contributed by atoms with Gasteiger partial charge in [0.2, 0.25) is 10.5 Å². The second kappa shape index (κ2) is 7.01. The Morgan fingerprint density at radius 3 is 2.96 bits per heavy atom. The number of aromatic nitrogens is 3. The van der Waals surface area contributed by atoms with E-state index < -0.39 is 16.4 Å². The lowest BCUT2D eigenvalue weighted by molar-refractivity contribution is -0.386. The quantitative estimate of drug-likeness (QED) is 0.361. The van der Waals surface area contributed by atoms with Crippen LogP contribution < -0.4 is 4.74 Å². The molecule has 1 aromatic carbocycles. The van der Waals surface area contributed by atoms with E-state index >= 15 is 0 Å². The molecule has 0 atom stereocenters. The number of benzene rings is 1. The van der Waals surface area contributed by atoms with Crippen LogP contribution in [0.1, 0.15) is 24.7 Å². The van der Waals surface area contributed by atoms with Crippen molar-refractivity contribution in [3.63, 3.8) is 0 Å². The number of nitro benzene ring substituents is 1. The lowest BCUT2D eigenvalue weighted by atomic mass is 10.2. The summed E-state index contributed by atoms with van der Waals surface area (Å²) < 4.78 is 6.71. The van der Waals surface area contributed by atoms with E-state index in [1.807, 2.05) is 6.92 Å². The first-order chi connectivity index (χ1) is 11.0. The Morgan fingerprint density at radius 2 is 2.35 bits per heavy atom. The number of nitrogens with one attached hydrogen (secondary N) is 1. The van der Waals surface area contributed by atoms with Crippen LogP contribution in [0.15, 0.2) is 17.2 Å². The maximum atomic E-state index is 11.0. The first-order valence-electron chi connectivity index (χ1n) is 6.74. The van der Waals surface area contributed by atoms with E-state index in [0.717, 1.165) is 6.42 Å². The summed E-state index contributed by atoms with van der Waals surface area (Å²) >= 11 is 5.10. The van der Waals surface area contributed by atoms with E-state index in [2.05, 4.69) is 15.3 Å². The summed E-state index contributed by atoms with van der Waals surface area (Å²) in [7, 11) is 1.31. The summed E-state index contributed by atoms with van der Waals surface area (Å²) in [6.07, 6.45) is 2.94. The third-order valence-corrected chi connectivity index (χ3v) is 3.27. The molecule has 0 spiro atoms. The van der Waals surface area contributed by atoms with Crippen LogP contribution in [-0.4, -0.2) is 38.2 Å². The summed E-state index contributed by atoms with van der Waals surface area (Å²) in [5.41, 5.74) is -0.0766. The standard InChI is InChI=1S/C13H15N5O4S/c1-3-4-11-15-16-13(23)17(11)14-7-8-5-9(18(20)21)12(19)10(6-8)22-2/h5-7,19H,3-4H2,1-2H3,(H,16,23)/b14-7+. The number of H-pyrrole nitrogens is 1. The molecule has 10 heteroatoms. The maximum Gasteiger partial charge on any atom is 0.315 e. The largest absolute Gasteiger partial charge is 0.500 e. The van der Waals surface area contributed by atoms with Gasteiger partial charge in [0.05, 0.1) is 18.2 Å². The molecule has 0 unspecified atom stereocenters. The first kappa shape index (κ1) is 16.6. The van der Waals surface area contributed by atoms with Gasteiger partial charge in [-0.15, -0.1) is 0 Å². The zero-order chi connectivity index (χ0) is 17.0. The van der Waals surface area contributed by atoms with Crippen LogP contribution in [0.3, 0.4) is 0 Å². The van der Waals surface area contributed by atoms with E-state index in [1.165, 1.54) is 30.1 Å². The van der Waals surface area contributed by atoms with Crippen LogP contribution in [0.2, 0.25) is 0 Å². The zero-order valence-electron chi connectivity index (χ0n) is 12.5. The number of hydrogen-bond acceptors (Lipinski definition) is 7. The van der Waals surface area contributed by atoms with Crippen LogP contribution in [0.4, 0.5) is 5.69 Å². The number of aryl methyl sites for hydroxylation is 1. The lowest BCUT2D eigenvalue weighted by Gasteiger charge is -2.05. The van der Waals surface area contributed by atoms with Crippen molar-refractivity contribution in [2.24, 2.45) is 5.10 Å². The number of rotatable bonds is 6. The second-order valence-corrected chi connectivity index (χ2v) is 4.99. The van der Waals surface area contributed by atoms with Crippen LogP contribution in [0, 0.1) is 14.9 Å². The van der Waals surface area contributed by atoms with Gasteiger partial charge in [-0.1, -0.05) is 6.92 Å². The molecule has 23 heavy (non-hydrogen) atoms.